The maximum absolute atomic E-state index is 13.1. The van der Waals surface area contributed by atoms with Crippen LogP contribution in [0.3, 0.4) is 0 Å². The molecule has 2 amide bonds. The first-order valence-corrected chi connectivity index (χ1v) is 9.85. The minimum Gasteiger partial charge on any atom is -0.484 e. The average molecular weight is 413 g/mol. The SMILES string of the molecule is CC(=O)NCCc1ccc(-c2csc(NC(=O)COc3cccc(F)c3)n2)cc1. The maximum Gasteiger partial charge on any atom is 0.264 e. The van der Waals surface area contributed by atoms with Crippen LogP contribution in [0, 0.1) is 5.82 Å². The van der Waals surface area contributed by atoms with Crippen molar-refractivity contribution in [1.29, 1.82) is 0 Å². The van der Waals surface area contributed by atoms with Crippen LogP contribution in [0.15, 0.2) is 53.9 Å². The third-order valence-electron chi connectivity index (χ3n) is 3.95. The van der Waals surface area contributed by atoms with Crippen molar-refractivity contribution < 1.29 is 18.7 Å². The molecule has 6 nitrogen and oxygen atoms in total. The number of amides is 2. The van der Waals surface area contributed by atoms with Crippen molar-refractivity contribution in [3.63, 3.8) is 0 Å². The molecule has 0 fully saturated rings. The Morgan fingerprint density at radius 2 is 1.97 bits per heavy atom. The van der Waals surface area contributed by atoms with E-state index in [0.717, 1.165) is 23.2 Å². The minimum atomic E-state index is -0.423. The number of hydrogen-bond acceptors (Lipinski definition) is 5. The summed E-state index contributed by atoms with van der Waals surface area (Å²) in [6.45, 7) is 1.86. The predicted octanol–water partition coefficient (Wildman–Crippen LogP) is 3.65. The van der Waals surface area contributed by atoms with E-state index >= 15 is 0 Å². The predicted molar refractivity (Wildman–Crippen MR) is 110 cm³/mol. The molecule has 2 aromatic carbocycles. The second-order valence-corrected chi connectivity index (χ2v) is 7.12. The molecular weight excluding hydrogens is 393 g/mol. The van der Waals surface area contributed by atoms with Crippen molar-refractivity contribution in [3.05, 3.63) is 65.3 Å². The molecule has 3 rings (SSSR count). The van der Waals surface area contributed by atoms with E-state index in [9.17, 15) is 14.0 Å². The standard InChI is InChI=1S/C21H20FN3O3S/c1-14(26)23-10-9-15-5-7-16(8-6-15)19-13-29-21(24-19)25-20(27)12-28-18-4-2-3-17(22)11-18/h2-8,11,13H,9-10,12H2,1H3,(H,23,26)(H,24,25,27). The Morgan fingerprint density at radius 1 is 1.17 bits per heavy atom. The molecule has 0 aliphatic heterocycles. The van der Waals surface area contributed by atoms with Gasteiger partial charge in [-0.05, 0) is 24.1 Å². The van der Waals surface area contributed by atoms with Crippen LogP contribution in [0.2, 0.25) is 0 Å². The van der Waals surface area contributed by atoms with Gasteiger partial charge in [0.1, 0.15) is 11.6 Å². The van der Waals surface area contributed by atoms with E-state index in [1.54, 1.807) is 6.07 Å². The van der Waals surface area contributed by atoms with Gasteiger partial charge in [0.05, 0.1) is 5.69 Å². The number of nitrogens with one attached hydrogen (secondary N) is 2. The Morgan fingerprint density at radius 3 is 2.69 bits per heavy atom. The van der Waals surface area contributed by atoms with Gasteiger partial charge in [-0.25, -0.2) is 9.37 Å². The van der Waals surface area contributed by atoms with Crippen LogP contribution in [0.25, 0.3) is 11.3 Å². The highest BCUT2D eigenvalue weighted by atomic mass is 32.1. The van der Waals surface area contributed by atoms with Gasteiger partial charge in [0.15, 0.2) is 11.7 Å². The molecule has 0 saturated heterocycles. The summed E-state index contributed by atoms with van der Waals surface area (Å²) >= 11 is 1.31. The van der Waals surface area contributed by atoms with Gasteiger partial charge in [-0.2, -0.15) is 0 Å². The molecule has 3 aromatic rings. The number of carbonyl (C=O) groups is 2. The number of nitrogens with zero attached hydrogens (tertiary/aromatic N) is 1. The van der Waals surface area contributed by atoms with Gasteiger partial charge in [-0.3, -0.25) is 14.9 Å². The minimum absolute atomic E-state index is 0.0417. The van der Waals surface area contributed by atoms with E-state index in [1.165, 1.54) is 36.5 Å². The van der Waals surface area contributed by atoms with Crippen molar-refractivity contribution in [2.75, 3.05) is 18.5 Å². The number of hydrogen-bond donors (Lipinski definition) is 2. The van der Waals surface area contributed by atoms with Gasteiger partial charge in [0, 0.05) is 30.5 Å². The van der Waals surface area contributed by atoms with Gasteiger partial charge < -0.3 is 10.1 Å². The summed E-state index contributed by atoms with van der Waals surface area (Å²) in [5, 5.41) is 7.76. The second-order valence-electron chi connectivity index (χ2n) is 6.26. The molecule has 0 saturated carbocycles. The maximum atomic E-state index is 13.1. The highest BCUT2D eigenvalue weighted by Gasteiger charge is 2.09. The largest absolute Gasteiger partial charge is 0.484 e. The molecule has 8 heteroatoms. The number of anilines is 1. The fraction of sp³-hybridized carbons (Fsp3) is 0.190. The normalized spacial score (nSPS) is 10.4. The summed E-state index contributed by atoms with van der Waals surface area (Å²) in [5.74, 6) is -0.546. The Bertz CT molecular complexity index is 989. The quantitative estimate of drug-likeness (QED) is 0.591. The van der Waals surface area contributed by atoms with Gasteiger partial charge in [0.2, 0.25) is 5.91 Å². The van der Waals surface area contributed by atoms with Crippen molar-refractivity contribution in [2.45, 2.75) is 13.3 Å². The molecule has 0 bridgehead atoms. The third kappa shape index (κ3) is 6.39. The second kappa shape index (κ2) is 9.79. The van der Waals surface area contributed by atoms with Crippen LogP contribution in [0.1, 0.15) is 12.5 Å². The van der Waals surface area contributed by atoms with Gasteiger partial charge in [0.25, 0.3) is 5.91 Å². The lowest BCUT2D eigenvalue weighted by atomic mass is 10.1. The molecule has 29 heavy (non-hydrogen) atoms. The zero-order chi connectivity index (χ0) is 20.6. The molecule has 0 aliphatic rings. The van der Waals surface area contributed by atoms with Gasteiger partial charge in [-0.1, -0.05) is 30.3 Å². The molecule has 0 spiro atoms. The summed E-state index contributed by atoms with van der Waals surface area (Å²) in [4.78, 5) is 27.3. The Kier molecular flexibility index (Phi) is 6.91. The van der Waals surface area contributed by atoms with Crippen molar-refractivity contribution in [3.8, 4) is 17.0 Å². The third-order valence-corrected chi connectivity index (χ3v) is 4.71. The van der Waals surface area contributed by atoms with Crippen LogP contribution < -0.4 is 15.4 Å². The molecule has 0 atom stereocenters. The van der Waals surface area contributed by atoms with E-state index in [0.29, 0.717) is 17.4 Å². The summed E-state index contributed by atoms with van der Waals surface area (Å²) in [5.41, 5.74) is 2.80. The number of halogens is 1. The lowest BCUT2D eigenvalue weighted by molar-refractivity contribution is -0.119. The summed E-state index contributed by atoms with van der Waals surface area (Å²) in [7, 11) is 0. The van der Waals surface area contributed by atoms with Crippen LogP contribution >= 0.6 is 11.3 Å². The highest BCUT2D eigenvalue weighted by molar-refractivity contribution is 7.14. The average Bonchev–Trinajstić information content (AvgIpc) is 3.15. The van der Waals surface area contributed by atoms with Crippen LogP contribution in [-0.2, 0) is 16.0 Å². The lowest BCUT2D eigenvalue weighted by Gasteiger charge is -2.05. The molecule has 2 N–H and O–H groups in total. The Balaban J connectivity index is 1.52. The molecule has 1 aromatic heterocycles. The number of benzene rings is 2. The number of thiazole rings is 1. The van der Waals surface area contributed by atoms with E-state index in [4.69, 9.17) is 4.74 Å². The van der Waals surface area contributed by atoms with Gasteiger partial charge in [-0.15, -0.1) is 11.3 Å². The number of carbonyl (C=O) groups excluding carboxylic acids is 2. The van der Waals surface area contributed by atoms with E-state index in [2.05, 4.69) is 15.6 Å². The summed E-state index contributed by atoms with van der Waals surface area (Å²) in [6, 6.07) is 13.5. The fourth-order valence-corrected chi connectivity index (χ4v) is 3.29. The zero-order valence-corrected chi connectivity index (χ0v) is 16.6. The number of aromatic nitrogens is 1. The molecule has 0 unspecified atom stereocenters. The van der Waals surface area contributed by atoms with Crippen molar-refractivity contribution >= 4 is 28.3 Å². The van der Waals surface area contributed by atoms with E-state index in [-0.39, 0.29) is 18.4 Å². The monoisotopic (exact) mass is 413 g/mol. The van der Waals surface area contributed by atoms with Gasteiger partial charge >= 0.3 is 0 Å². The highest BCUT2D eigenvalue weighted by Crippen LogP contribution is 2.25. The van der Waals surface area contributed by atoms with Crippen LogP contribution in [0.5, 0.6) is 5.75 Å². The topological polar surface area (TPSA) is 80.3 Å². The van der Waals surface area contributed by atoms with Crippen LogP contribution in [0.4, 0.5) is 9.52 Å². The fourth-order valence-electron chi connectivity index (χ4n) is 2.55. The first-order chi connectivity index (χ1) is 14.0. The molecule has 150 valence electrons. The summed E-state index contributed by atoms with van der Waals surface area (Å²) < 4.78 is 18.4. The molecule has 1 heterocycles. The summed E-state index contributed by atoms with van der Waals surface area (Å²) in [6.07, 6.45) is 0.754. The van der Waals surface area contributed by atoms with Crippen molar-refractivity contribution in [2.24, 2.45) is 0 Å². The first kappa shape index (κ1) is 20.5. The first-order valence-electron chi connectivity index (χ1n) is 8.97. The van der Waals surface area contributed by atoms with E-state index in [1.807, 2.05) is 29.6 Å². The number of ether oxygens (including phenoxy) is 1. The molecule has 0 radical (unpaired) electrons. The smallest absolute Gasteiger partial charge is 0.264 e. The Labute approximate surface area is 171 Å². The van der Waals surface area contributed by atoms with Crippen LogP contribution in [-0.4, -0.2) is 29.9 Å². The lowest BCUT2D eigenvalue weighted by Crippen LogP contribution is -2.22. The number of rotatable bonds is 8. The zero-order valence-electron chi connectivity index (χ0n) is 15.8. The van der Waals surface area contributed by atoms with E-state index < -0.39 is 5.82 Å². The Hall–Kier alpha value is -3.26. The van der Waals surface area contributed by atoms with Crippen molar-refractivity contribution in [1.82, 2.24) is 10.3 Å². The molecule has 0 aliphatic carbocycles. The molecular formula is C21H20FN3O3S.